The molecule has 1 aromatic carbocycles. The number of guanidine groups is 1. The molecule has 1 rings (SSSR count). The van der Waals surface area contributed by atoms with E-state index in [9.17, 15) is 0 Å². The molecule has 0 aliphatic carbocycles. The van der Waals surface area contributed by atoms with Gasteiger partial charge >= 0.3 is 0 Å². The number of aliphatic imine (C=N–C) groups is 1. The van der Waals surface area contributed by atoms with Crippen molar-refractivity contribution in [3.63, 3.8) is 0 Å². The lowest BCUT2D eigenvalue weighted by Crippen LogP contribution is -2.47. The minimum absolute atomic E-state index is 0.00959. The van der Waals surface area contributed by atoms with Gasteiger partial charge in [0.25, 0.3) is 0 Å². The minimum Gasteiger partial charge on any atom is -0.493 e. The molecule has 0 heterocycles. The average molecular weight is 307 g/mol. The highest BCUT2D eigenvalue weighted by Crippen LogP contribution is 2.27. The Hall–Kier alpha value is -1.91. The number of hydrogen-bond acceptors (Lipinski definition) is 3. The van der Waals surface area contributed by atoms with E-state index in [1.54, 1.807) is 14.2 Å². The van der Waals surface area contributed by atoms with Crippen molar-refractivity contribution in [2.75, 3.05) is 27.3 Å². The lowest BCUT2D eigenvalue weighted by atomic mass is 10.1. The maximum atomic E-state index is 5.32. The van der Waals surface area contributed by atoms with E-state index in [0.717, 1.165) is 30.4 Å². The van der Waals surface area contributed by atoms with Gasteiger partial charge in [-0.1, -0.05) is 6.07 Å². The van der Waals surface area contributed by atoms with E-state index in [-0.39, 0.29) is 5.54 Å². The number of nitrogens with one attached hydrogen (secondary N) is 2. The molecular weight excluding hydrogens is 278 g/mol. The molecule has 0 bridgehead atoms. The van der Waals surface area contributed by atoms with Gasteiger partial charge < -0.3 is 20.1 Å². The van der Waals surface area contributed by atoms with Gasteiger partial charge in [0.15, 0.2) is 17.5 Å². The van der Waals surface area contributed by atoms with Gasteiger partial charge in [0.05, 0.1) is 14.2 Å². The van der Waals surface area contributed by atoms with E-state index in [1.807, 2.05) is 18.2 Å². The summed E-state index contributed by atoms with van der Waals surface area (Å²) < 4.78 is 10.6. The van der Waals surface area contributed by atoms with Crippen LogP contribution in [0.4, 0.5) is 0 Å². The Labute approximate surface area is 134 Å². The number of hydrogen-bond donors (Lipinski definition) is 2. The molecule has 5 heteroatoms. The number of benzene rings is 1. The van der Waals surface area contributed by atoms with Crippen molar-refractivity contribution in [2.24, 2.45) is 4.99 Å². The predicted octanol–water partition coefficient (Wildman–Crippen LogP) is 2.60. The van der Waals surface area contributed by atoms with Gasteiger partial charge in [-0.05, 0) is 51.8 Å². The SMILES string of the molecule is CCNC(=NCCc1ccc(OC)c(OC)c1)NC(C)(C)C. The first kappa shape index (κ1) is 18.1. The molecule has 124 valence electrons. The topological polar surface area (TPSA) is 54.9 Å². The molecule has 0 saturated carbocycles. The highest BCUT2D eigenvalue weighted by Gasteiger charge is 2.11. The summed E-state index contributed by atoms with van der Waals surface area (Å²) in [5.74, 6) is 2.34. The number of nitrogens with zero attached hydrogens (tertiary/aromatic N) is 1. The molecule has 0 aromatic heterocycles. The van der Waals surface area contributed by atoms with Gasteiger partial charge in [-0.25, -0.2) is 0 Å². The lowest BCUT2D eigenvalue weighted by molar-refractivity contribution is 0.354. The van der Waals surface area contributed by atoms with E-state index in [0.29, 0.717) is 6.54 Å². The van der Waals surface area contributed by atoms with E-state index >= 15 is 0 Å². The second kappa shape index (κ2) is 8.51. The van der Waals surface area contributed by atoms with Gasteiger partial charge in [0.2, 0.25) is 0 Å². The molecule has 0 atom stereocenters. The minimum atomic E-state index is -0.00959. The lowest BCUT2D eigenvalue weighted by Gasteiger charge is -2.23. The van der Waals surface area contributed by atoms with Crippen LogP contribution in [0.3, 0.4) is 0 Å². The van der Waals surface area contributed by atoms with Gasteiger partial charge in [-0.2, -0.15) is 0 Å². The summed E-state index contributed by atoms with van der Waals surface area (Å²) >= 11 is 0. The number of ether oxygens (including phenoxy) is 2. The maximum absolute atomic E-state index is 5.32. The Kier molecular flexibility index (Phi) is 7.02. The monoisotopic (exact) mass is 307 g/mol. The van der Waals surface area contributed by atoms with Gasteiger partial charge in [-0.15, -0.1) is 0 Å². The summed E-state index contributed by atoms with van der Waals surface area (Å²) in [5, 5.41) is 6.64. The van der Waals surface area contributed by atoms with E-state index in [2.05, 4.69) is 43.3 Å². The van der Waals surface area contributed by atoms with Crippen LogP contribution in [-0.2, 0) is 6.42 Å². The van der Waals surface area contributed by atoms with Gasteiger partial charge in [0, 0.05) is 18.6 Å². The van der Waals surface area contributed by atoms with Gasteiger partial charge in [-0.3, -0.25) is 4.99 Å². The molecular formula is C17H29N3O2. The van der Waals surface area contributed by atoms with Crippen LogP contribution in [0.25, 0.3) is 0 Å². The van der Waals surface area contributed by atoms with Crippen LogP contribution in [0.2, 0.25) is 0 Å². The van der Waals surface area contributed by atoms with E-state index < -0.39 is 0 Å². The first-order valence-corrected chi connectivity index (χ1v) is 7.67. The molecule has 22 heavy (non-hydrogen) atoms. The van der Waals surface area contributed by atoms with Crippen LogP contribution >= 0.6 is 0 Å². The molecule has 0 unspecified atom stereocenters. The Bertz CT molecular complexity index is 493. The summed E-state index contributed by atoms with van der Waals surface area (Å²) in [7, 11) is 3.29. The van der Waals surface area contributed by atoms with Crippen LogP contribution in [0.15, 0.2) is 23.2 Å². The first-order valence-electron chi connectivity index (χ1n) is 7.67. The highest BCUT2D eigenvalue weighted by molar-refractivity contribution is 5.80. The highest BCUT2D eigenvalue weighted by atomic mass is 16.5. The zero-order chi connectivity index (χ0) is 16.6. The molecule has 0 fully saturated rings. The van der Waals surface area contributed by atoms with Crippen molar-refractivity contribution in [1.29, 1.82) is 0 Å². The van der Waals surface area contributed by atoms with Crippen molar-refractivity contribution in [3.8, 4) is 11.5 Å². The fraction of sp³-hybridized carbons (Fsp3) is 0.588. The summed E-state index contributed by atoms with van der Waals surface area (Å²) in [6.45, 7) is 9.98. The molecule has 0 radical (unpaired) electrons. The standard InChI is InChI=1S/C17H29N3O2/c1-7-18-16(20-17(2,3)4)19-11-10-13-8-9-14(21-5)15(12-13)22-6/h8-9,12H,7,10-11H2,1-6H3,(H2,18,19,20). The van der Waals surface area contributed by atoms with Crippen LogP contribution < -0.4 is 20.1 Å². The van der Waals surface area contributed by atoms with Crippen molar-refractivity contribution in [2.45, 2.75) is 39.7 Å². The maximum Gasteiger partial charge on any atom is 0.191 e. The predicted molar refractivity (Wildman–Crippen MR) is 92.1 cm³/mol. The van der Waals surface area contributed by atoms with Crippen LogP contribution in [0.5, 0.6) is 11.5 Å². The largest absolute Gasteiger partial charge is 0.493 e. The molecule has 0 saturated heterocycles. The molecule has 0 spiro atoms. The van der Waals surface area contributed by atoms with Gasteiger partial charge in [0.1, 0.15) is 0 Å². The van der Waals surface area contributed by atoms with Crippen molar-refractivity contribution in [3.05, 3.63) is 23.8 Å². The molecule has 1 aromatic rings. The summed E-state index contributed by atoms with van der Waals surface area (Å²) in [5.41, 5.74) is 1.16. The van der Waals surface area contributed by atoms with E-state index in [1.165, 1.54) is 5.56 Å². The molecule has 0 aliphatic rings. The third kappa shape index (κ3) is 6.24. The third-order valence-corrected chi connectivity index (χ3v) is 2.96. The third-order valence-electron chi connectivity index (χ3n) is 2.96. The summed E-state index contributed by atoms with van der Waals surface area (Å²) in [4.78, 5) is 4.61. The van der Waals surface area contributed by atoms with Crippen molar-refractivity contribution < 1.29 is 9.47 Å². The molecule has 0 aliphatic heterocycles. The fourth-order valence-electron chi connectivity index (χ4n) is 2.00. The number of methoxy groups -OCH3 is 2. The van der Waals surface area contributed by atoms with Crippen LogP contribution in [-0.4, -0.2) is 38.8 Å². The molecule has 5 nitrogen and oxygen atoms in total. The average Bonchev–Trinajstić information content (AvgIpc) is 2.45. The Morgan fingerprint density at radius 1 is 1.14 bits per heavy atom. The zero-order valence-corrected chi connectivity index (χ0v) is 14.6. The summed E-state index contributed by atoms with van der Waals surface area (Å²) in [6, 6.07) is 5.97. The van der Waals surface area contributed by atoms with E-state index in [4.69, 9.17) is 9.47 Å². The van der Waals surface area contributed by atoms with Crippen molar-refractivity contribution in [1.82, 2.24) is 10.6 Å². The molecule has 2 N–H and O–H groups in total. The zero-order valence-electron chi connectivity index (χ0n) is 14.6. The van der Waals surface area contributed by atoms with Crippen LogP contribution in [0, 0.1) is 0 Å². The normalized spacial score (nSPS) is 12.0. The first-order chi connectivity index (χ1) is 10.4. The second-order valence-corrected chi connectivity index (χ2v) is 6.07. The molecule has 0 amide bonds. The Morgan fingerprint density at radius 3 is 2.36 bits per heavy atom. The van der Waals surface area contributed by atoms with Crippen LogP contribution in [0.1, 0.15) is 33.3 Å². The number of rotatable bonds is 6. The summed E-state index contributed by atoms with van der Waals surface area (Å²) in [6.07, 6.45) is 0.848. The quantitative estimate of drug-likeness (QED) is 0.626. The Morgan fingerprint density at radius 2 is 1.82 bits per heavy atom. The second-order valence-electron chi connectivity index (χ2n) is 6.07. The fourth-order valence-corrected chi connectivity index (χ4v) is 2.00. The van der Waals surface area contributed by atoms with Crippen molar-refractivity contribution >= 4 is 5.96 Å². The smallest absolute Gasteiger partial charge is 0.191 e. The Balaban J connectivity index is 2.69.